The molecule has 1 atom stereocenters. The zero-order chi connectivity index (χ0) is 7.98. The van der Waals surface area contributed by atoms with E-state index in [4.69, 9.17) is 15.3 Å². The normalized spacial score (nSPS) is 13.1. The molecule has 0 aromatic rings. The van der Waals surface area contributed by atoms with Gasteiger partial charge in [0.25, 0.3) is 0 Å². The summed E-state index contributed by atoms with van der Waals surface area (Å²) in [5, 5.41) is 25.4. The highest BCUT2D eigenvalue weighted by molar-refractivity contribution is 5.79. The number of Topliss-reactive ketones (excluding diaryl/α,β-unsaturated/α-hetero) is 1. The summed E-state index contributed by atoms with van der Waals surface area (Å²) in [5.41, 5.74) is 0. The first-order chi connectivity index (χ1) is 4.70. The van der Waals surface area contributed by atoms with Gasteiger partial charge < -0.3 is 15.3 Å². The van der Waals surface area contributed by atoms with Gasteiger partial charge in [0, 0.05) is 13.0 Å². The van der Waals surface area contributed by atoms with Gasteiger partial charge in [-0.1, -0.05) is 0 Å². The van der Waals surface area contributed by atoms with E-state index in [2.05, 4.69) is 0 Å². The molecule has 0 spiro atoms. The number of hydrogen-bond donors (Lipinski definition) is 3. The highest BCUT2D eigenvalue weighted by atomic mass is 16.3. The van der Waals surface area contributed by atoms with Gasteiger partial charge in [-0.2, -0.15) is 0 Å². The molecule has 0 aromatic carbocycles. The van der Waals surface area contributed by atoms with E-state index in [9.17, 15) is 4.79 Å². The van der Waals surface area contributed by atoms with Crippen molar-refractivity contribution in [3.05, 3.63) is 0 Å². The smallest absolute Gasteiger partial charge is 0.160 e. The molecule has 0 aliphatic carbocycles. The Hall–Kier alpha value is -0.450. The number of aliphatic hydroxyl groups is 3. The fourth-order valence-electron chi connectivity index (χ4n) is 0.578. The van der Waals surface area contributed by atoms with E-state index in [1.54, 1.807) is 0 Å². The Balaban J connectivity index is 3.37. The van der Waals surface area contributed by atoms with E-state index in [1.165, 1.54) is 0 Å². The van der Waals surface area contributed by atoms with Crippen LogP contribution in [-0.4, -0.2) is 40.4 Å². The lowest BCUT2D eigenvalue weighted by Crippen LogP contribution is -2.16. The molecule has 0 saturated heterocycles. The summed E-state index contributed by atoms with van der Waals surface area (Å²) in [4.78, 5) is 10.4. The standard InChI is InChI=1S/C6H12O4/c7-2-1-5(9)3-6(10)4-8/h5,7-9H,1-4H2. The van der Waals surface area contributed by atoms with Gasteiger partial charge in [-0.05, 0) is 6.42 Å². The van der Waals surface area contributed by atoms with Gasteiger partial charge in [0.15, 0.2) is 5.78 Å². The molecular formula is C6H12O4. The summed E-state index contributed by atoms with van der Waals surface area (Å²) in [6.45, 7) is -0.678. The summed E-state index contributed by atoms with van der Waals surface area (Å²) in [7, 11) is 0. The number of carbonyl (C=O) groups is 1. The Bertz CT molecular complexity index is 102. The van der Waals surface area contributed by atoms with Crippen LogP contribution in [-0.2, 0) is 4.79 Å². The molecule has 4 heteroatoms. The molecule has 60 valence electrons. The van der Waals surface area contributed by atoms with Gasteiger partial charge >= 0.3 is 0 Å². The zero-order valence-corrected chi connectivity index (χ0v) is 5.66. The quantitative estimate of drug-likeness (QED) is 0.452. The summed E-state index contributed by atoms with van der Waals surface area (Å²) in [6, 6.07) is 0. The lowest BCUT2D eigenvalue weighted by atomic mass is 10.1. The lowest BCUT2D eigenvalue weighted by Gasteiger charge is -2.04. The zero-order valence-electron chi connectivity index (χ0n) is 5.66. The molecule has 0 fully saturated rings. The lowest BCUT2D eigenvalue weighted by molar-refractivity contribution is -0.123. The van der Waals surface area contributed by atoms with E-state index in [0.29, 0.717) is 0 Å². The third-order valence-electron chi connectivity index (χ3n) is 1.10. The minimum atomic E-state index is -0.815. The second-order valence-electron chi connectivity index (χ2n) is 2.07. The third kappa shape index (κ3) is 4.43. The Morgan fingerprint density at radius 2 is 2.00 bits per heavy atom. The van der Waals surface area contributed by atoms with Crippen molar-refractivity contribution >= 4 is 5.78 Å². The van der Waals surface area contributed by atoms with Crippen molar-refractivity contribution < 1.29 is 20.1 Å². The van der Waals surface area contributed by atoms with Crippen LogP contribution >= 0.6 is 0 Å². The number of hydrogen-bond acceptors (Lipinski definition) is 4. The average molecular weight is 148 g/mol. The second-order valence-corrected chi connectivity index (χ2v) is 2.07. The highest BCUT2D eigenvalue weighted by Gasteiger charge is 2.08. The Kier molecular flexibility index (Phi) is 5.10. The molecular weight excluding hydrogens is 136 g/mol. The van der Waals surface area contributed by atoms with E-state index < -0.39 is 18.5 Å². The van der Waals surface area contributed by atoms with Crippen LogP contribution in [0.1, 0.15) is 12.8 Å². The van der Waals surface area contributed by atoms with E-state index in [-0.39, 0.29) is 19.4 Å². The van der Waals surface area contributed by atoms with Gasteiger partial charge in [-0.15, -0.1) is 0 Å². The summed E-state index contributed by atoms with van der Waals surface area (Å²) in [6.07, 6.45) is -0.701. The summed E-state index contributed by atoms with van der Waals surface area (Å²) < 4.78 is 0. The van der Waals surface area contributed by atoms with Gasteiger partial charge in [-0.3, -0.25) is 4.79 Å². The van der Waals surface area contributed by atoms with Crippen molar-refractivity contribution in [2.45, 2.75) is 18.9 Å². The van der Waals surface area contributed by atoms with Gasteiger partial charge in [0.2, 0.25) is 0 Å². The van der Waals surface area contributed by atoms with Gasteiger partial charge in [0.1, 0.15) is 6.61 Å². The van der Waals surface area contributed by atoms with Crippen LogP contribution in [0.15, 0.2) is 0 Å². The average Bonchev–Trinajstić information content (AvgIpc) is 1.88. The minimum absolute atomic E-state index is 0.0724. The maximum absolute atomic E-state index is 10.4. The summed E-state index contributed by atoms with van der Waals surface area (Å²) >= 11 is 0. The molecule has 1 unspecified atom stereocenters. The predicted octanol–water partition coefficient (Wildman–Crippen LogP) is -1.32. The number of carbonyl (C=O) groups excluding carboxylic acids is 1. The van der Waals surface area contributed by atoms with Crippen LogP contribution in [0.2, 0.25) is 0 Å². The molecule has 0 heterocycles. The van der Waals surface area contributed by atoms with Crippen molar-refractivity contribution in [1.82, 2.24) is 0 Å². The first-order valence-electron chi connectivity index (χ1n) is 3.12. The molecule has 0 radical (unpaired) electrons. The van der Waals surface area contributed by atoms with E-state index in [0.717, 1.165) is 0 Å². The molecule has 0 aliphatic rings. The molecule has 0 aliphatic heterocycles. The number of aliphatic hydroxyl groups excluding tert-OH is 3. The topological polar surface area (TPSA) is 77.8 Å². The molecule has 4 nitrogen and oxygen atoms in total. The minimum Gasteiger partial charge on any atom is -0.396 e. The monoisotopic (exact) mass is 148 g/mol. The first kappa shape index (κ1) is 9.55. The van der Waals surface area contributed by atoms with Gasteiger partial charge in [0.05, 0.1) is 6.10 Å². The van der Waals surface area contributed by atoms with Gasteiger partial charge in [-0.25, -0.2) is 0 Å². The third-order valence-corrected chi connectivity index (χ3v) is 1.10. The molecule has 0 bridgehead atoms. The van der Waals surface area contributed by atoms with E-state index in [1.807, 2.05) is 0 Å². The van der Waals surface area contributed by atoms with Crippen LogP contribution in [0.4, 0.5) is 0 Å². The van der Waals surface area contributed by atoms with Crippen molar-refractivity contribution in [1.29, 1.82) is 0 Å². The maximum Gasteiger partial charge on any atom is 0.160 e. The fourth-order valence-corrected chi connectivity index (χ4v) is 0.578. The Labute approximate surface area is 59.1 Å². The van der Waals surface area contributed by atoms with Crippen LogP contribution in [0.25, 0.3) is 0 Å². The van der Waals surface area contributed by atoms with Crippen molar-refractivity contribution in [2.24, 2.45) is 0 Å². The molecule has 3 N–H and O–H groups in total. The SMILES string of the molecule is O=C(CO)CC(O)CCO. The predicted molar refractivity (Wildman–Crippen MR) is 34.4 cm³/mol. The largest absolute Gasteiger partial charge is 0.396 e. The van der Waals surface area contributed by atoms with Crippen LogP contribution in [0, 0.1) is 0 Å². The van der Waals surface area contributed by atoms with Crippen molar-refractivity contribution in [3.63, 3.8) is 0 Å². The second kappa shape index (κ2) is 5.34. The molecule has 0 aromatic heterocycles. The van der Waals surface area contributed by atoms with Crippen LogP contribution in [0.5, 0.6) is 0 Å². The Morgan fingerprint density at radius 3 is 2.40 bits per heavy atom. The van der Waals surface area contributed by atoms with Crippen molar-refractivity contribution in [3.8, 4) is 0 Å². The molecule has 10 heavy (non-hydrogen) atoms. The first-order valence-corrected chi connectivity index (χ1v) is 3.12. The molecule has 0 saturated carbocycles. The highest BCUT2D eigenvalue weighted by Crippen LogP contribution is 1.96. The maximum atomic E-state index is 10.4. The Morgan fingerprint density at radius 1 is 1.40 bits per heavy atom. The van der Waals surface area contributed by atoms with Crippen molar-refractivity contribution in [2.75, 3.05) is 13.2 Å². The van der Waals surface area contributed by atoms with Crippen LogP contribution < -0.4 is 0 Å². The molecule has 0 rings (SSSR count). The van der Waals surface area contributed by atoms with E-state index >= 15 is 0 Å². The van der Waals surface area contributed by atoms with Crippen LogP contribution in [0.3, 0.4) is 0 Å². The number of rotatable bonds is 5. The summed E-state index contributed by atoms with van der Waals surface area (Å²) in [5.74, 6) is -0.402. The fraction of sp³-hybridized carbons (Fsp3) is 0.833. The number of ketones is 1. The molecule has 0 amide bonds.